The van der Waals surface area contributed by atoms with E-state index in [-0.39, 0.29) is 13.0 Å². The van der Waals surface area contributed by atoms with Gasteiger partial charge in [-0.2, -0.15) is 0 Å². The third-order valence-electron chi connectivity index (χ3n) is 8.04. The summed E-state index contributed by atoms with van der Waals surface area (Å²) in [4.78, 5) is 12.8. The third kappa shape index (κ3) is 18.3. The predicted molar refractivity (Wildman–Crippen MR) is 176 cm³/mol. The quantitative estimate of drug-likeness (QED) is 0.0546. The van der Waals surface area contributed by atoms with Gasteiger partial charge in [-0.1, -0.05) is 102 Å². The van der Waals surface area contributed by atoms with E-state index in [2.05, 4.69) is 43.5 Å². The molecule has 8 atom stereocenters. The third-order valence-corrected chi connectivity index (χ3v) is 8.04. The maximum absolute atomic E-state index is 12.8. The van der Waals surface area contributed by atoms with E-state index in [1.165, 1.54) is 44.9 Å². The van der Waals surface area contributed by atoms with Crippen LogP contribution < -0.4 is 5.32 Å². The minimum Gasteiger partial charge on any atom is -0.394 e. The SMILES string of the molecule is CCCC/C=C\CCCCCC(O)C(=O)NC(COC1OC(CO)C(O)C(O)C1O)C(O)/C=C/CC/C=C/CCCCCCC. The number of allylic oxidation sites excluding steroid dienone is 5. The average Bonchev–Trinajstić information content (AvgIpc) is 3.04. The minimum absolute atomic E-state index is 0.280. The molecule has 0 spiro atoms. The van der Waals surface area contributed by atoms with Gasteiger partial charge in [0.05, 0.1) is 25.4 Å². The van der Waals surface area contributed by atoms with Crippen molar-refractivity contribution in [3.8, 4) is 0 Å². The first-order valence-electron chi connectivity index (χ1n) is 17.3. The fourth-order valence-corrected chi connectivity index (χ4v) is 5.04. The summed E-state index contributed by atoms with van der Waals surface area (Å²) in [6, 6.07) is -0.998. The maximum atomic E-state index is 12.8. The van der Waals surface area contributed by atoms with E-state index in [0.29, 0.717) is 12.8 Å². The number of nitrogens with one attached hydrogen (secondary N) is 1. The molecule has 0 saturated carbocycles. The van der Waals surface area contributed by atoms with Crippen molar-refractivity contribution in [2.24, 2.45) is 0 Å². The van der Waals surface area contributed by atoms with Gasteiger partial charge in [0.1, 0.15) is 30.5 Å². The molecule has 0 radical (unpaired) electrons. The molecule has 7 N–H and O–H groups in total. The first kappa shape index (κ1) is 41.4. The Labute approximate surface area is 271 Å². The van der Waals surface area contributed by atoms with Crippen LogP contribution in [0.3, 0.4) is 0 Å². The van der Waals surface area contributed by atoms with Crippen LogP contribution in [-0.2, 0) is 14.3 Å². The first-order chi connectivity index (χ1) is 21.8. The number of aliphatic hydroxyl groups is 6. The zero-order valence-electron chi connectivity index (χ0n) is 27.7. The molecule has 0 aromatic rings. The smallest absolute Gasteiger partial charge is 0.249 e. The van der Waals surface area contributed by atoms with E-state index in [0.717, 1.165) is 38.5 Å². The van der Waals surface area contributed by atoms with Gasteiger partial charge in [-0.25, -0.2) is 0 Å². The Balaban J connectivity index is 2.65. The van der Waals surface area contributed by atoms with Crippen molar-refractivity contribution in [3.63, 3.8) is 0 Å². The van der Waals surface area contributed by atoms with Crippen LogP contribution in [0.2, 0.25) is 0 Å². The summed E-state index contributed by atoms with van der Waals surface area (Å²) >= 11 is 0. The van der Waals surface area contributed by atoms with Gasteiger partial charge < -0.3 is 45.4 Å². The molecule has 1 saturated heterocycles. The molecule has 1 amide bonds. The van der Waals surface area contributed by atoms with Crippen LogP contribution in [0.5, 0.6) is 0 Å². The minimum atomic E-state index is -1.61. The van der Waals surface area contributed by atoms with Crippen LogP contribution in [0.4, 0.5) is 0 Å². The summed E-state index contributed by atoms with van der Waals surface area (Å²) in [7, 11) is 0. The fraction of sp³-hybridized carbons (Fsp3) is 0.800. The molecule has 1 aliphatic heterocycles. The van der Waals surface area contributed by atoms with E-state index in [4.69, 9.17) is 9.47 Å². The molecule has 8 unspecified atom stereocenters. The largest absolute Gasteiger partial charge is 0.394 e. The van der Waals surface area contributed by atoms with Gasteiger partial charge in [-0.05, 0) is 51.4 Å². The Hall–Kier alpha value is -1.63. The van der Waals surface area contributed by atoms with Crippen LogP contribution in [0.15, 0.2) is 36.5 Å². The maximum Gasteiger partial charge on any atom is 0.249 e. The lowest BCUT2D eigenvalue weighted by Crippen LogP contribution is -2.60. The summed E-state index contributed by atoms with van der Waals surface area (Å²) in [5, 5.41) is 63.9. The topological polar surface area (TPSA) is 169 Å². The van der Waals surface area contributed by atoms with E-state index in [9.17, 15) is 35.4 Å². The van der Waals surface area contributed by atoms with Gasteiger partial charge in [0.25, 0.3) is 0 Å². The Morgan fingerprint density at radius 3 is 1.98 bits per heavy atom. The van der Waals surface area contributed by atoms with Crippen molar-refractivity contribution in [2.75, 3.05) is 13.2 Å². The number of unbranched alkanes of at least 4 members (excludes halogenated alkanes) is 11. The molecule has 1 rings (SSSR count). The van der Waals surface area contributed by atoms with Gasteiger partial charge in [-0.15, -0.1) is 0 Å². The Morgan fingerprint density at radius 2 is 1.33 bits per heavy atom. The first-order valence-corrected chi connectivity index (χ1v) is 17.3. The van der Waals surface area contributed by atoms with Crippen LogP contribution in [0.25, 0.3) is 0 Å². The van der Waals surface area contributed by atoms with Gasteiger partial charge in [0, 0.05) is 0 Å². The van der Waals surface area contributed by atoms with E-state index < -0.39 is 61.5 Å². The monoisotopic (exact) mass is 641 g/mol. The van der Waals surface area contributed by atoms with Crippen LogP contribution in [0.1, 0.15) is 117 Å². The molecule has 10 heteroatoms. The molecule has 0 bridgehead atoms. The van der Waals surface area contributed by atoms with E-state index in [1.54, 1.807) is 6.08 Å². The number of aliphatic hydroxyl groups excluding tert-OH is 6. The zero-order valence-corrected chi connectivity index (χ0v) is 27.7. The molecule has 1 aliphatic rings. The predicted octanol–water partition coefficient (Wildman–Crippen LogP) is 3.96. The Morgan fingerprint density at radius 1 is 0.756 bits per heavy atom. The normalized spacial score (nSPS) is 24.5. The number of hydrogen-bond acceptors (Lipinski definition) is 9. The molecule has 45 heavy (non-hydrogen) atoms. The second kappa shape index (κ2) is 26.4. The molecule has 0 aliphatic carbocycles. The summed E-state index contributed by atoms with van der Waals surface area (Å²) in [6.45, 7) is 3.44. The number of rotatable bonds is 26. The number of carbonyl (C=O) groups excluding carboxylic acids is 1. The standard InChI is InChI=1S/C35H63NO9/c1-3-5-7-9-11-13-14-16-17-19-21-23-28(38)27(26-44-35-33(42)32(41)31(40)30(25-37)45-35)36-34(43)29(39)24-22-20-18-15-12-10-8-6-4-2/h10,12,14,16,21,23,27-33,35,37-42H,3-9,11,13,15,17-20,22,24-26H2,1-2H3,(H,36,43)/b12-10-,16-14+,23-21+. The zero-order chi connectivity index (χ0) is 33.3. The molecular weight excluding hydrogens is 578 g/mol. The van der Waals surface area contributed by atoms with E-state index >= 15 is 0 Å². The van der Waals surface area contributed by atoms with Crippen molar-refractivity contribution in [1.29, 1.82) is 0 Å². The van der Waals surface area contributed by atoms with Crippen LogP contribution >= 0.6 is 0 Å². The lowest BCUT2D eigenvalue weighted by Gasteiger charge is -2.40. The molecule has 0 aromatic carbocycles. The number of carbonyl (C=O) groups is 1. The Kier molecular flexibility index (Phi) is 24.3. The molecule has 262 valence electrons. The van der Waals surface area contributed by atoms with Crippen LogP contribution in [-0.4, -0.2) is 98.7 Å². The van der Waals surface area contributed by atoms with Crippen molar-refractivity contribution in [2.45, 2.75) is 166 Å². The number of amides is 1. The molecule has 0 aromatic heterocycles. The lowest BCUT2D eigenvalue weighted by molar-refractivity contribution is -0.302. The second-order valence-corrected chi connectivity index (χ2v) is 12.1. The highest BCUT2D eigenvalue weighted by molar-refractivity contribution is 5.80. The van der Waals surface area contributed by atoms with Gasteiger partial charge >= 0.3 is 0 Å². The summed E-state index contributed by atoms with van der Waals surface area (Å²) < 4.78 is 11.0. The second-order valence-electron chi connectivity index (χ2n) is 12.1. The highest BCUT2D eigenvalue weighted by atomic mass is 16.7. The highest BCUT2D eigenvalue weighted by Crippen LogP contribution is 2.22. The van der Waals surface area contributed by atoms with Gasteiger partial charge in [0.2, 0.25) is 5.91 Å². The summed E-state index contributed by atoms with van der Waals surface area (Å²) in [5.74, 6) is -0.647. The molecule has 10 nitrogen and oxygen atoms in total. The van der Waals surface area contributed by atoms with Gasteiger partial charge in [-0.3, -0.25) is 4.79 Å². The molecule has 1 fully saturated rings. The summed E-state index contributed by atoms with van der Waals surface area (Å²) in [5.41, 5.74) is 0. The van der Waals surface area contributed by atoms with Crippen molar-refractivity contribution < 1.29 is 44.9 Å². The molecule has 1 heterocycles. The average molecular weight is 642 g/mol. The lowest BCUT2D eigenvalue weighted by atomic mass is 9.99. The number of hydrogen-bond donors (Lipinski definition) is 7. The van der Waals surface area contributed by atoms with Crippen molar-refractivity contribution >= 4 is 5.91 Å². The van der Waals surface area contributed by atoms with Crippen LogP contribution in [0, 0.1) is 0 Å². The van der Waals surface area contributed by atoms with E-state index in [1.807, 2.05) is 6.08 Å². The number of ether oxygens (including phenoxy) is 2. The van der Waals surface area contributed by atoms with Gasteiger partial charge in [0.15, 0.2) is 6.29 Å². The molecular formula is C35H63NO9. The highest BCUT2D eigenvalue weighted by Gasteiger charge is 2.44. The summed E-state index contributed by atoms with van der Waals surface area (Å²) in [6.07, 6.45) is 18.3. The van der Waals surface area contributed by atoms with Crippen molar-refractivity contribution in [1.82, 2.24) is 5.32 Å². The fourth-order valence-electron chi connectivity index (χ4n) is 5.04. The van der Waals surface area contributed by atoms with Crippen molar-refractivity contribution in [3.05, 3.63) is 36.5 Å². The Bertz CT molecular complexity index is 819.